The van der Waals surface area contributed by atoms with Crippen molar-refractivity contribution in [2.24, 2.45) is 5.73 Å². The lowest BCUT2D eigenvalue weighted by molar-refractivity contribution is 0.0957. The lowest BCUT2D eigenvalue weighted by Crippen LogP contribution is -2.18. The molecule has 1 rings (SSSR count). The molecule has 0 atom stereocenters. The summed E-state index contributed by atoms with van der Waals surface area (Å²) >= 11 is 0. The van der Waals surface area contributed by atoms with Gasteiger partial charge in [-0.3, -0.25) is 9.59 Å². The predicted octanol–water partition coefficient (Wildman–Crippen LogP) is 0.933. The standard InChI is InChI=1S/C11H15N3O2/c1-2-3-8(15)9-6(11(14)16)4-5-7(12)10(9)13/h4-5H,2-3,12-13H2,1H3,(H2,14,16). The number of carbonyl (C=O) groups is 2. The van der Waals surface area contributed by atoms with Crippen molar-refractivity contribution in [3.63, 3.8) is 0 Å². The van der Waals surface area contributed by atoms with Crippen molar-refractivity contribution in [1.82, 2.24) is 0 Å². The van der Waals surface area contributed by atoms with Crippen molar-refractivity contribution in [3.8, 4) is 0 Å². The monoisotopic (exact) mass is 221 g/mol. The van der Waals surface area contributed by atoms with E-state index in [9.17, 15) is 9.59 Å². The first kappa shape index (κ1) is 12.0. The summed E-state index contributed by atoms with van der Waals surface area (Å²) in [5.74, 6) is -0.882. The van der Waals surface area contributed by atoms with Crippen molar-refractivity contribution >= 4 is 23.1 Å². The zero-order chi connectivity index (χ0) is 12.3. The molecule has 0 aromatic heterocycles. The SMILES string of the molecule is CCCC(=O)c1c(C(N)=O)ccc(N)c1N. The van der Waals surface area contributed by atoms with E-state index in [1.165, 1.54) is 12.1 Å². The van der Waals surface area contributed by atoms with Gasteiger partial charge in [0.1, 0.15) is 0 Å². The number of nitrogens with two attached hydrogens (primary N) is 3. The van der Waals surface area contributed by atoms with E-state index in [1.807, 2.05) is 6.92 Å². The van der Waals surface area contributed by atoms with E-state index in [1.54, 1.807) is 0 Å². The van der Waals surface area contributed by atoms with E-state index in [-0.39, 0.29) is 28.3 Å². The molecule has 5 nitrogen and oxygen atoms in total. The molecule has 5 heteroatoms. The third-order valence-corrected chi connectivity index (χ3v) is 2.30. The Morgan fingerprint density at radius 3 is 2.38 bits per heavy atom. The number of benzene rings is 1. The molecule has 0 bridgehead atoms. The molecule has 1 amide bonds. The second-order valence-electron chi connectivity index (χ2n) is 3.53. The number of nitrogen functional groups attached to an aromatic ring is 2. The van der Waals surface area contributed by atoms with E-state index in [4.69, 9.17) is 17.2 Å². The van der Waals surface area contributed by atoms with Crippen LogP contribution in [0.4, 0.5) is 11.4 Å². The van der Waals surface area contributed by atoms with Gasteiger partial charge in [-0.1, -0.05) is 6.92 Å². The van der Waals surface area contributed by atoms with Gasteiger partial charge in [0.2, 0.25) is 5.91 Å². The Balaban J connectivity index is 3.37. The molecule has 6 N–H and O–H groups in total. The highest BCUT2D eigenvalue weighted by Crippen LogP contribution is 2.25. The van der Waals surface area contributed by atoms with Crippen LogP contribution >= 0.6 is 0 Å². The molecule has 0 radical (unpaired) electrons. The zero-order valence-electron chi connectivity index (χ0n) is 9.12. The third-order valence-electron chi connectivity index (χ3n) is 2.30. The lowest BCUT2D eigenvalue weighted by atomic mass is 9.97. The normalized spacial score (nSPS) is 10.1. The molecule has 0 aliphatic carbocycles. The topological polar surface area (TPSA) is 112 Å². The molecule has 0 spiro atoms. The minimum absolute atomic E-state index is 0.130. The number of rotatable bonds is 4. The number of hydrogen-bond acceptors (Lipinski definition) is 4. The van der Waals surface area contributed by atoms with Crippen LogP contribution in [0.1, 0.15) is 40.5 Å². The average molecular weight is 221 g/mol. The fraction of sp³-hybridized carbons (Fsp3) is 0.273. The Hall–Kier alpha value is -2.04. The van der Waals surface area contributed by atoms with Crippen LogP contribution in [0.3, 0.4) is 0 Å². The van der Waals surface area contributed by atoms with Crippen molar-refractivity contribution in [1.29, 1.82) is 0 Å². The number of amides is 1. The van der Waals surface area contributed by atoms with E-state index in [2.05, 4.69) is 0 Å². The quantitative estimate of drug-likeness (QED) is 0.518. The Morgan fingerprint density at radius 1 is 1.25 bits per heavy atom. The predicted molar refractivity (Wildman–Crippen MR) is 63.0 cm³/mol. The van der Waals surface area contributed by atoms with Gasteiger partial charge in [-0.2, -0.15) is 0 Å². The van der Waals surface area contributed by atoms with Crippen LogP contribution in [0.25, 0.3) is 0 Å². The second kappa shape index (κ2) is 4.65. The number of anilines is 2. The Morgan fingerprint density at radius 2 is 1.88 bits per heavy atom. The second-order valence-corrected chi connectivity index (χ2v) is 3.53. The van der Waals surface area contributed by atoms with Gasteiger partial charge in [0.05, 0.1) is 22.5 Å². The van der Waals surface area contributed by atoms with Crippen LogP contribution in [-0.4, -0.2) is 11.7 Å². The van der Waals surface area contributed by atoms with Gasteiger partial charge in [0, 0.05) is 6.42 Å². The van der Waals surface area contributed by atoms with Crippen LogP contribution in [0.2, 0.25) is 0 Å². The van der Waals surface area contributed by atoms with Crippen molar-refractivity contribution in [2.75, 3.05) is 11.5 Å². The summed E-state index contributed by atoms with van der Waals surface area (Å²) in [7, 11) is 0. The summed E-state index contributed by atoms with van der Waals surface area (Å²) in [5.41, 5.74) is 17.2. The lowest BCUT2D eigenvalue weighted by Gasteiger charge is -2.10. The maximum absolute atomic E-state index is 11.8. The Kier molecular flexibility index (Phi) is 3.50. The van der Waals surface area contributed by atoms with Gasteiger partial charge in [0.15, 0.2) is 5.78 Å². The molecule has 0 saturated heterocycles. The van der Waals surface area contributed by atoms with Gasteiger partial charge >= 0.3 is 0 Å². The first-order valence-electron chi connectivity index (χ1n) is 5.00. The van der Waals surface area contributed by atoms with Crippen molar-refractivity contribution in [2.45, 2.75) is 19.8 Å². The summed E-state index contributed by atoms with van der Waals surface area (Å²) in [4.78, 5) is 23.0. The first-order chi connectivity index (χ1) is 7.49. The van der Waals surface area contributed by atoms with Gasteiger partial charge in [-0.05, 0) is 18.6 Å². The molecule has 1 aromatic rings. The molecule has 0 aliphatic heterocycles. The maximum Gasteiger partial charge on any atom is 0.249 e. The van der Waals surface area contributed by atoms with Crippen molar-refractivity contribution < 1.29 is 9.59 Å². The number of hydrogen-bond donors (Lipinski definition) is 3. The molecular formula is C11H15N3O2. The third kappa shape index (κ3) is 2.13. The molecule has 0 unspecified atom stereocenters. The largest absolute Gasteiger partial charge is 0.397 e. The van der Waals surface area contributed by atoms with E-state index in [0.29, 0.717) is 12.8 Å². The summed E-state index contributed by atoms with van der Waals surface area (Å²) in [5, 5.41) is 0. The highest BCUT2D eigenvalue weighted by Gasteiger charge is 2.19. The fourth-order valence-electron chi connectivity index (χ4n) is 1.49. The fourth-order valence-corrected chi connectivity index (χ4v) is 1.49. The van der Waals surface area contributed by atoms with Crippen LogP contribution in [-0.2, 0) is 0 Å². The summed E-state index contributed by atoms with van der Waals surface area (Å²) < 4.78 is 0. The minimum Gasteiger partial charge on any atom is -0.397 e. The first-order valence-corrected chi connectivity index (χ1v) is 5.00. The maximum atomic E-state index is 11.8. The number of ketones is 1. The van der Waals surface area contributed by atoms with Crippen LogP contribution in [0.15, 0.2) is 12.1 Å². The van der Waals surface area contributed by atoms with Gasteiger partial charge in [0.25, 0.3) is 0 Å². The van der Waals surface area contributed by atoms with E-state index >= 15 is 0 Å². The molecule has 16 heavy (non-hydrogen) atoms. The van der Waals surface area contributed by atoms with Crippen LogP contribution in [0, 0.1) is 0 Å². The molecule has 0 aliphatic rings. The zero-order valence-corrected chi connectivity index (χ0v) is 9.12. The smallest absolute Gasteiger partial charge is 0.249 e. The Bertz CT molecular complexity index is 441. The van der Waals surface area contributed by atoms with E-state index in [0.717, 1.165) is 0 Å². The van der Waals surface area contributed by atoms with Gasteiger partial charge in [-0.15, -0.1) is 0 Å². The summed E-state index contributed by atoms with van der Waals surface area (Å²) in [6.07, 6.45) is 0.985. The van der Waals surface area contributed by atoms with Crippen LogP contribution in [0.5, 0.6) is 0 Å². The average Bonchev–Trinajstić information content (AvgIpc) is 2.21. The highest BCUT2D eigenvalue weighted by atomic mass is 16.1. The van der Waals surface area contributed by atoms with Gasteiger partial charge < -0.3 is 17.2 Å². The number of carbonyl (C=O) groups excluding carboxylic acids is 2. The minimum atomic E-state index is -0.675. The summed E-state index contributed by atoms with van der Waals surface area (Å²) in [6, 6.07) is 2.90. The molecule has 0 saturated carbocycles. The van der Waals surface area contributed by atoms with Crippen molar-refractivity contribution in [3.05, 3.63) is 23.3 Å². The molecule has 0 fully saturated rings. The Labute approximate surface area is 93.6 Å². The highest BCUT2D eigenvalue weighted by molar-refractivity contribution is 6.12. The van der Waals surface area contributed by atoms with Crippen LogP contribution < -0.4 is 17.2 Å². The van der Waals surface area contributed by atoms with Gasteiger partial charge in [-0.25, -0.2) is 0 Å². The molecule has 86 valence electrons. The number of Topliss-reactive ketones (excluding diaryl/α,β-unsaturated/α-hetero) is 1. The number of primary amides is 1. The molecule has 1 aromatic carbocycles. The summed E-state index contributed by atoms with van der Waals surface area (Å²) in [6.45, 7) is 1.87. The molecule has 0 heterocycles. The van der Waals surface area contributed by atoms with E-state index < -0.39 is 5.91 Å². The molecular weight excluding hydrogens is 206 g/mol.